The van der Waals surface area contributed by atoms with Crippen LogP contribution in [0.25, 0.3) is 0 Å². The Morgan fingerprint density at radius 2 is 1.78 bits per heavy atom. The number of carbonyl (C=O) groups excluding carboxylic acids is 1. The van der Waals surface area contributed by atoms with Crippen LogP contribution in [-0.4, -0.2) is 23.0 Å². The number of anilines is 2. The average Bonchev–Trinajstić information content (AvgIpc) is 2.68. The van der Waals surface area contributed by atoms with Crippen molar-refractivity contribution in [2.75, 3.05) is 17.7 Å². The molecule has 0 radical (unpaired) electrons. The largest absolute Gasteiger partial charge is 0.497 e. The number of halogens is 1. The van der Waals surface area contributed by atoms with E-state index in [4.69, 9.17) is 4.74 Å². The monoisotopic (exact) mass is 366 g/mol. The molecule has 0 saturated carbocycles. The number of benzene rings is 2. The van der Waals surface area contributed by atoms with Gasteiger partial charge in [0.15, 0.2) is 0 Å². The van der Waals surface area contributed by atoms with Crippen molar-refractivity contribution in [1.82, 2.24) is 9.97 Å². The highest BCUT2D eigenvalue weighted by Gasteiger charge is 2.11. The first-order chi connectivity index (χ1) is 13.0. The summed E-state index contributed by atoms with van der Waals surface area (Å²) in [7, 11) is 1.62. The lowest BCUT2D eigenvalue weighted by Crippen LogP contribution is -2.15. The molecule has 1 aromatic heterocycles. The number of hydrogen-bond donors (Lipinski definition) is 2. The average molecular weight is 366 g/mol. The molecular formula is C20H19FN4O2. The number of amides is 1. The minimum Gasteiger partial charge on any atom is -0.497 e. The smallest absolute Gasteiger partial charge is 0.274 e. The molecule has 27 heavy (non-hydrogen) atoms. The lowest BCUT2D eigenvalue weighted by atomic mass is 10.2. The quantitative estimate of drug-likeness (QED) is 0.694. The van der Waals surface area contributed by atoms with E-state index >= 15 is 0 Å². The minimum atomic E-state index is -0.389. The summed E-state index contributed by atoms with van der Waals surface area (Å²) in [5, 5.41) is 5.87. The van der Waals surface area contributed by atoms with E-state index in [1.54, 1.807) is 20.1 Å². The molecule has 7 heteroatoms. The van der Waals surface area contributed by atoms with Gasteiger partial charge in [0.2, 0.25) is 0 Å². The number of methoxy groups -OCH3 is 1. The van der Waals surface area contributed by atoms with Crippen LogP contribution in [0.5, 0.6) is 5.75 Å². The maximum Gasteiger partial charge on any atom is 0.274 e. The second kappa shape index (κ2) is 8.27. The van der Waals surface area contributed by atoms with Gasteiger partial charge in [0.05, 0.1) is 7.11 Å². The highest BCUT2D eigenvalue weighted by atomic mass is 19.1. The van der Waals surface area contributed by atoms with E-state index in [0.717, 1.165) is 11.3 Å². The first kappa shape index (κ1) is 18.3. The van der Waals surface area contributed by atoms with E-state index in [1.165, 1.54) is 24.3 Å². The Morgan fingerprint density at radius 1 is 1.07 bits per heavy atom. The summed E-state index contributed by atoms with van der Waals surface area (Å²) in [6.07, 6.45) is 0. The van der Waals surface area contributed by atoms with E-state index < -0.39 is 0 Å². The molecule has 0 unspecified atom stereocenters. The standard InChI is InChI=1S/C20H19FN4O2/c1-13-23-18(20(26)25-16-7-5-15(21)6-8-16)11-19(24-13)22-12-14-3-9-17(27-2)10-4-14/h3-11H,12H2,1-2H3,(H,25,26)(H,22,23,24). The van der Waals surface area contributed by atoms with Gasteiger partial charge in [0.1, 0.15) is 28.9 Å². The molecule has 0 aliphatic heterocycles. The molecule has 0 atom stereocenters. The van der Waals surface area contributed by atoms with Crippen molar-refractivity contribution in [2.45, 2.75) is 13.5 Å². The fourth-order valence-electron chi connectivity index (χ4n) is 2.44. The van der Waals surface area contributed by atoms with E-state index in [-0.39, 0.29) is 17.4 Å². The van der Waals surface area contributed by atoms with Crippen LogP contribution in [0.4, 0.5) is 15.9 Å². The van der Waals surface area contributed by atoms with Gasteiger partial charge in [-0.1, -0.05) is 12.1 Å². The van der Waals surface area contributed by atoms with E-state index in [1.807, 2.05) is 24.3 Å². The fourth-order valence-corrected chi connectivity index (χ4v) is 2.44. The van der Waals surface area contributed by atoms with Gasteiger partial charge in [-0.15, -0.1) is 0 Å². The van der Waals surface area contributed by atoms with Crippen LogP contribution in [0, 0.1) is 12.7 Å². The molecule has 0 aliphatic carbocycles. The predicted molar refractivity (Wildman–Crippen MR) is 101 cm³/mol. The second-order valence-corrected chi connectivity index (χ2v) is 5.85. The van der Waals surface area contributed by atoms with Crippen molar-refractivity contribution in [3.05, 3.63) is 77.5 Å². The van der Waals surface area contributed by atoms with Crippen molar-refractivity contribution < 1.29 is 13.9 Å². The number of nitrogens with zero attached hydrogens (tertiary/aromatic N) is 2. The Bertz CT molecular complexity index is 928. The molecule has 2 aromatic carbocycles. The number of ether oxygens (including phenoxy) is 1. The second-order valence-electron chi connectivity index (χ2n) is 5.85. The van der Waals surface area contributed by atoms with Crippen molar-refractivity contribution in [3.63, 3.8) is 0 Å². The first-order valence-corrected chi connectivity index (χ1v) is 8.33. The third-order valence-electron chi connectivity index (χ3n) is 3.81. The summed E-state index contributed by atoms with van der Waals surface area (Å²) < 4.78 is 18.1. The molecule has 0 fully saturated rings. The number of nitrogens with one attached hydrogen (secondary N) is 2. The van der Waals surface area contributed by atoms with Gasteiger partial charge in [-0.2, -0.15) is 0 Å². The Labute approximate surface area is 156 Å². The summed E-state index contributed by atoms with van der Waals surface area (Å²) in [6.45, 7) is 2.26. The normalized spacial score (nSPS) is 10.3. The molecule has 1 heterocycles. The van der Waals surface area contributed by atoms with E-state index in [0.29, 0.717) is 23.9 Å². The van der Waals surface area contributed by atoms with E-state index in [2.05, 4.69) is 20.6 Å². The molecular weight excluding hydrogens is 347 g/mol. The highest BCUT2D eigenvalue weighted by Crippen LogP contribution is 2.15. The first-order valence-electron chi connectivity index (χ1n) is 8.33. The van der Waals surface area contributed by atoms with Crippen LogP contribution < -0.4 is 15.4 Å². The highest BCUT2D eigenvalue weighted by molar-refractivity contribution is 6.03. The van der Waals surface area contributed by atoms with Gasteiger partial charge >= 0.3 is 0 Å². The molecule has 3 rings (SSSR count). The zero-order chi connectivity index (χ0) is 19.2. The van der Waals surface area contributed by atoms with Crippen LogP contribution in [-0.2, 0) is 6.54 Å². The third kappa shape index (κ3) is 5.01. The van der Waals surface area contributed by atoms with Crippen LogP contribution in [0.3, 0.4) is 0 Å². The van der Waals surface area contributed by atoms with Crippen LogP contribution in [0.1, 0.15) is 21.9 Å². The maximum absolute atomic E-state index is 13.0. The SMILES string of the molecule is COc1ccc(CNc2cc(C(=O)Nc3ccc(F)cc3)nc(C)n2)cc1. The van der Waals surface area contributed by atoms with Crippen molar-refractivity contribution >= 4 is 17.4 Å². The van der Waals surface area contributed by atoms with Gasteiger partial charge in [-0.25, -0.2) is 14.4 Å². The maximum atomic E-state index is 13.0. The molecule has 1 amide bonds. The van der Waals surface area contributed by atoms with Gasteiger partial charge < -0.3 is 15.4 Å². The fraction of sp³-hybridized carbons (Fsp3) is 0.150. The van der Waals surface area contributed by atoms with Crippen molar-refractivity contribution in [2.24, 2.45) is 0 Å². The summed E-state index contributed by atoms with van der Waals surface area (Å²) in [6, 6.07) is 14.8. The molecule has 0 saturated heterocycles. The lowest BCUT2D eigenvalue weighted by molar-refractivity contribution is 0.102. The molecule has 0 bridgehead atoms. The minimum absolute atomic E-state index is 0.226. The van der Waals surface area contributed by atoms with Gasteiger partial charge in [-0.3, -0.25) is 4.79 Å². The molecule has 2 N–H and O–H groups in total. The van der Waals surface area contributed by atoms with Crippen molar-refractivity contribution in [3.8, 4) is 5.75 Å². The number of rotatable bonds is 6. The molecule has 138 valence electrons. The summed E-state index contributed by atoms with van der Waals surface area (Å²) in [4.78, 5) is 20.9. The van der Waals surface area contributed by atoms with E-state index in [9.17, 15) is 9.18 Å². The summed E-state index contributed by atoms with van der Waals surface area (Å²) >= 11 is 0. The Hall–Kier alpha value is -3.48. The van der Waals surface area contributed by atoms with Crippen LogP contribution in [0.2, 0.25) is 0 Å². The summed E-state index contributed by atoms with van der Waals surface area (Å²) in [5.41, 5.74) is 1.76. The number of aromatic nitrogens is 2. The third-order valence-corrected chi connectivity index (χ3v) is 3.81. The number of aryl methyl sites for hydroxylation is 1. The molecule has 3 aromatic rings. The van der Waals surface area contributed by atoms with Gasteiger partial charge in [0, 0.05) is 18.3 Å². The van der Waals surface area contributed by atoms with Crippen LogP contribution in [0.15, 0.2) is 54.6 Å². The zero-order valence-electron chi connectivity index (χ0n) is 15.0. The molecule has 6 nitrogen and oxygen atoms in total. The molecule has 0 aliphatic rings. The zero-order valence-corrected chi connectivity index (χ0v) is 15.0. The van der Waals surface area contributed by atoms with Crippen LogP contribution >= 0.6 is 0 Å². The Morgan fingerprint density at radius 3 is 2.44 bits per heavy atom. The van der Waals surface area contributed by atoms with Gasteiger partial charge in [-0.05, 0) is 48.9 Å². The summed E-state index contributed by atoms with van der Waals surface area (Å²) in [5.74, 6) is 1.05. The molecule has 0 spiro atoms. The van der Waals surface area contributed by atoms with Gasteiger partial charge in [0.25, 0.3) is 5.91 Å². The topological polar surface area (TPSA) is 76.1 Å². The Kier molecular flexibility index (Phi) is 5.61. The number of hydrogen-bond acceptors (Lipinski definition) is 5. The lowest BCUT2D eigenvalue weighted by Gasteiger charge is -2.10. The number of carbonyl (C=O) groups is 1. The predicted octanol–water partition coefficient (Wildman–Crippen LogP) is 3.80. The van der Waals surface area contributed by atoms with Crippen molar-refractivity contribution in [1.29, 1.82) is 0 Å². The Balaban J connectivity index is 1.69.